The van der Waals surface area contributed by atoms with Gasteiger partial charge in [0, 0.05) is 38.5 Å². The van der Waals surface area contributed by atoms with Crippen LogP contribution in [0, 0.1) is 5.92 Å². The van der Waals surface area contributed by atoms with Crippen LogP contribution in [-0.4, -0.2) is 42.4 Å². The fourth-order valence-electron chi connectivity index (χ4n) is 1.91. The van der Waals surface area contributed by atoms with E-state index < -0.39 is 0 Å². The van der Waals surface area contributed by atoms with E-state index in [4.69, 9.17) is 5.73 Å². The summed E-state index contributed by atoms with van der Waals surface area (Å²) in [5, 5.41) is 3.19. The molecule has 1 fully saturated rings. The number of amides is 2. The number of nitrogens with two attached hydrogens (primary N) is 1. The van der Waals surface area contributed by atoms with Crippen molar-refractivity contribution in [1.82, 2.24) is 10.2 Å². The molecule has 1 saturated heterocycles. The van der Waals surface area contributed by atoms with Crippen LogP contribution in [0.4, 0.5) is 0 Å². The quantitative estimate of drug-likeness (QED) is 0.693. The third-order valence-corrected chi connectivity index (χ3v) is 2.64. The van der Waals surface area contributed by atoms with Gasteiger partial charge in [0.05, 0.1) is 0 Å². The summed E-state index contributed by atoms with van der Waals surface area (Å²) < 4.78 is 0. The molecular formula is C11H21N3O2. The molecule has 0 saturated carbocycles. The van der Waals surface area contributed by atoms with Crippen molar-refractivity contribution in [3.63, 3.8) is 0 Å². The Balaban J connectivity index is 2.43. The second-order valence-corrected chi connectivity index (χ2v) is 4.76. The third-order valence-electron chi connectivity index (χ3n) is 2.64. The van der Waals surface area contributed by atoms with E-state index >= 15 is 0 Å². The summed E-state index contributed by atoms with van der Waals surface area (Å²) in [4.78, 5) is 24.4. The molecule has 1 unspecified atom stereocenters. The zero-order valence-corrected chi connectivity index (χ0v) is 10.0. The van der Waals surface area contributed by atoms with Crippen LogP contribution in [0.2, 0.25) is 0 Å². The van der Waals surface area contributed by atoms with Gasteiger partial charge in [0.25, 0.3) is 0 Å². The van der Waals surface area contributed by atoms with Crippen LogP contribution in [0.3, 0.4) is 0 Å². The zero-order valence-electron chi connectivity index (χ0n) is 10.0. The molecule has 0 bridgehead atoms. The molecule has 0 aromatic rings. The highest BCUT2D eigenvalue weighted by atomic mass is 16.2. The Kier molecular flexibility index (Phi) is 4.73. The van der Waals surface area contributed by atoms with Gasteiger partial charge in [-0.3, -0.25) is 9.59 Å². The molecule has 16 heavy (non-hydrogen) atoms. The van der Waals surface area contributed by atoms with E-state index in [2.05, 4.69) is 5.32 Å². The fourth-order valence-corrected chi connectivity index (χ4v) is 1.91. The monoisotopic (exact) mass is 227 g/mol. The maximum absolute atomic E-state index is 11.8. The molecule has 0 radical (unpaired) electrons. The van der Waals surface area contributed by atoms with Gasteiger partial charge in [0.15, 0.2) is 0 Å². The van der Waals surface area contributed by atoms with Gasteiger partial charge in [-0.05, 0) is 5.92 Å². The van der Waals surface area contributed by atoms with Gasteiger partial charge in [-0.15, -0.1) is 0 Å². The van der Waals surface area contributed by atoms with Crippen LogP contribution in [0.5, 0.6) is 0 Å². The minimum atomic E-state index is -0.323. The Labute approximate surface area is 96.4 Å². The number of carbonyl (C=O) groups is 2. The van der Waals surface area contributed by atoms with Gasteiger partial charge in [-0.2, -0.15) is 0 Å². The van der Waals surface area contributed by atoms with Gasteiger partial charge in [-0.1, -0.05) is 13.8 Å². The fraction of sp³-hybridized carbons (Fsp3) is 0.818. The summed E-state index contributed by atoms with van der Waals surface area (Å²) >= 11 is 0. The number of hydrogen-bond donors (Lipinski definition) is 2. The molecule has 1 atom stereocenters. The van der Waals surface area contributed by atoms with Crippen molar-refractivity contribution < 1.29 is 9.59 Å². The van der Waals surface area contributed by atoms with Crippen LogP contribution < -0.4 is 11.1 Å². The SMILES string of the molecule is CC(C)CC(=O)N1CCNC(CC(N)=O)C1. The van der Waals surface area contributed by atoms with Crippen LogP contribution in [0.15, 0.2) is 0 Å². The average Bonchev–Trinajstić information content (AvgIpc) is 2.16. The van der Waals surface area contributed by atoms with Crippen LogP contribution in [-0.2, 0) is 9.59 Å². The maximum atomic E-state index is 11.8. The van der Waals surface area contributed by atoms with Crippen LogP contribution in [0.1, 0.15) is 26.7 Å². The van der Waals surface area contributed by atoms with Crippen molar-refractivity contribution in [2.45, 2.75) is 32.7 Å². The standard InChI is InChI=1S/C11H21N3O2/c1-8(2)5-11(16)14-4-3-13-9(7-14)6-10(12)15/h8-9,13H,3-7H2,1-2H3,(H2,12,15). The molecule has 0 aliphatic carbocycles. The molecule has 3 N–H and O–H groups in total. The minimum absolute atomic E-state index is 0.0161. The van der Waals surface area contributed by atoms with Crippen molar-refractivity contribution in [1.29, 1.82) is 0 Å². The summed E-state index contributed by atoms with van der Waals surface area (Å²) in [5.74, 6) is 0.221. The van der Waals surface area contributed by atoms with Gasteiger partial charge in [-0.25, -0.2) is 0 Å². The normalized spacial score (nSPS) is 21.2. The Morgan fingerprint density at radius 3 is 2.75 bits per heavy atom. The van der Waals surface area contributed by atoms with Gasteiger partial charge >= 0.3 is 0 Å². The highest BCUT2D eigenvalue weighted by Crippen LogP contribution is 2.08. The highest BCUT2D eigenvalue weighted by Gasteiger charge is 2.24. The number of rotatable bonds is 4. The van der Waals surface area contributed by atoms with E-state index in [1.807, 2.05) is 18.7 Å². The topological polar surface area (TPSA) is 75.4 Å². The lowest BCUT2D eigenvalue weighted by Gasteiger charge is -2.33. The number of nitrogens with zero attached hydrogens (tertiary/aromatic N) is 1. The van der Waals surface area contributed by atoms with Gasteiger partial charge in [0.2, 0.25) is 11.8 Å². The van der Waals surface area contributed by atoms with E-state index in [9.17, 15) is 9.59 Å². The summed E-state index contributed by atoms with van der Waals surface area (Å²) in [6.07, 6.45) is 0.870. The zero-order chi connectivity index (χ0) is 12.1. The van der Waals surface area contributed by atoms with Crippen molar-refractivity contribution in [2.75, 3.05) is 19.6 Å². The predicted octanol–water partition coefficient (Wildman–Crippen LogP) is -0.292. The highest BCUT2D eigenvalue weighted by molar-refractivity contribution is 5.77. The lowest BCUT2D eigenvalue weighted by molar-refractivity contribution is -0.133. The molecule has 0 aromatic heterocycles. The number of carbonyl (C=O) groups excluding carboxylic acids is 2. The minimum Gasteiger partial charge on any atom is -0.370 e. The first-order chi connectivity index (χ1) is 7.49. The first-order valence-electron chi connectivity index (χ1n) is 5.78. The van der Waals surface area contributed by atoms with Crippen molar-refractivity contribution in [2.24, 2.45) is 11.7 Å². The third kappa shape index (κ3) is 4.18. The maximum Gasteiger partial charge on any atom is 0.222 e. The van der Waals surface area contributed by atoms with E-state index in [0.29, 0.717) is 25.3 Å². The van der Waals surface area contributed by atoms with Gasteiger partial charge < -0.3 is 16.0 Å². The molecular weight excluding hydrogens is 206 g/mol. The summed E-state index contributed by atoms with van der Waals surface area (Å²) in [6.45, 7) is 6.11. The van der Waals surface area contributed by atoms with E-state index in [1.165, 1.54) is 0 Å². The summed E-state index contributed by atoms with van der Waals surface area (Å²) in [6, 6.07) is 0.0161. The molecule has 1 rings (SSSR count). The first-order valence-corrected chi connectivity index (χ1v) is 5.78. The average molecular weight is 227 g/mol. The molecule has 1 aliphatic rings. The van der Waals surface area contributed by atoms with E-state index in [-0.39, 0.29) is 17.9 Å². The number of hydrogen-bond acceptors (Lipinski definition) is 3. The first kappa shape index (κ1) is 13.0. The Morgan fingerprint density at radius 1 is 1.50 bits per heavy atom. The Morgan fingerprint density at radius 2 is 2.19 bits per heavy atom. The lowest BCUT2D eigenvalue weighted by atomic mass is 10.1. The predicted molar refractivity (Wildman–Crippen MR) is 61.6 cm³/mol. The molecule has 0 spiro atoms. The van der Waals surface area contributed by atoms with E-state index in [0.717, 1.165) is 13.1 Å². The second-order valence-electron chi connectivity index (χ2n) is 4.76. The summed E-state index contributed by atoms with van der Waals surface area (Å²) in [7, 11) is 0. The second kappa shape index (κ2) is 5.84. The van der Waals surface area contributed by atoms with E-state index in [1.54, 1.807) is 0 Å². The van der Waals surface area contributed by atoms with Crippen LogP contribution in [0.25, 0.3) is 0 Å². The molecule has 2 amide bonds. The Hall–Kier alpha value is -1.10. The van der Waals surface area contributed by atoms with Crippen molar-refractivity contribution in [3.8, 4) is 0 Å². The molecule has 0 aromatic carbocycles. The summed E-state index contributed by atoms with van der Waals surface area (Å²) in [5.41, 5.74) is 5.14. The molecule has 92 valence electrons. The van der Waals surface area contributed by atoms with Gasteiger partial charge in [0.1, 0.15) is 0 Å². The number of piperazine rings is 1. The van der Waals surface area contributed by atoms with Crippen molar-refractivity contribution >= 4 is 11.8 Å². The number of nitrogens with one attached hydrogen (secondary N) is 1. The molecule has 1 heterocycles. The van der Waals surface area contributed by atoms with Crippen molar-refractivity contribution in [3.05, 3.63) is 0 Å². The smallest absolute Gasteiger partial charge is 0.222 e. The largest absolute Gasteiger partial charge is 0.370 e. The Bertz CT molecular complexity index is 266. The van der Waals surface area contributed by atoms with Crippen LogP contribution >= 0.6 is 0 Å². The number of primary amides is 1. The molecule has 1 aliphatic heterocycles. The molecule has 5 nitrogen and oxygen atoms in total. The molecule has 5 heteroatoms. The lowest BCUT2D eigenvalue weighted by Crippen LogP contribution is -2.53.